The number of hydrogen-bond donors (Lipinski definition) is 4. The number of anilines is 1. The third-order valence-electron chi connectivity index (χ3n) is 10.5. The summed E-state index contributed by atoms with van der Waals surface area (Å²) in [5, 5.41) is 11.6. The molecule has 2 aromatic carbocycles. The van der Waals surface area contributed by atoms with Gasteiger partial charge in [-0.15, -0.1) is 0 Å². The maximum absolute atomic E-state index is 12.9. The molecule has 1 unspecified atom stereocenters. The van der Waals surface area contributed by atoms with Crippen molar-refractivity contribution in [1.82, 2.24) is 14.9 Å². The molecule has 1 fully saturated rings. The number of carbonyl (C=O) groups excluding carboxylic acids is 1. The van der Waals surface area contributed by atoms with Gasteiger partial charge in [0.25, 0.3) is 0 Å². The largest absolute Gasteiger partial charge is 0.481 e. The van der Waals surface area contributed by atoms with E-state index in [9.17, 15) is 9.59 Å². The predicted molar refractivity (Wildman–Crippen MR) is 211 cm³/mol. The highest BCUT2D eigenvalue weighted by Crippen LogP contribution is 2.42. The standard InChI is InChI=1S/C25H31N5O.C18H36O2/c1-15(2)7-11-18-16(14-26)8-12-21-24(18)29-23(27-21)13-22-19-5-3-4-6-20(19)28-25(31)30(22)17-9-10-17;1-2-3-4-5-6-7-8-9-10-11-12-13-14-15-16-17-18(19)20/h3-6,8,12,15,17,22H,7,9-11,13-14,26H2,1-2H3,(H,27,29)(H,28,31);2-17H2,1H3,(H,19,20). The molecule has 8 heteroatoms. The number of imidazole rings is 1. The van der Waals surface area contributed by atoms with Gasteiger partial charge in [0, 0.05) is 31.1 Å². The molecule has 0 bridgehead atoms. The number of hydrogen-bond acceptors (Lipinski definition) is 4. The Balaban J connectivity index is 0.000000255. The molecule has 2 heterocycles. The Kier molecular flexibility index (Phi) is 17.3. The molecule has 51 heavy (non-hydrogen) atoms. The van der Waals surface area contributed by atoms with Gasteiger partial charge in [-0.2, -0.15) is 0 Å². The van der Waals surface area contributed by atoms with Crippen molar-refractivity contribution in [2.24, 2.45) is 11.7 Å². The van der Waals surface area contributed by atoms with Crippen LogP contribution in [0.15, 0.2) is 36.4 Å². The summed E-state index contributed by atoms with van der Waals surface area (Å²) < 4.78 is 0. The molecule has 1 aromatic heterocycles. The molecule has 0 radical (unpaired) electrons. The summed E-state index contributed by atoms with van der Waals surface area (Å²) in [6.07, 6.45) is 25.1. The number of carbonyl (C=O) groups is 2. The van der Waals surface area contributed by atoms with E-state index >= 15 is 0 Å². The van der Waals surface area contributed by atoms with Crippen LogP contribution in [-0.4, -0.2) is 38.0 Å². The molecule has 3 aromatic rings. The van der Waals surface area contributed by atoms with Crippen molar-refractivity contribution in [3.8, 4) is 0 Å². The van der Waals surface area contributed by atoms with Crippen LogP contribution >= 0.6 is 0 Å². The van der Waals surface area contributed by atoms with E-state index in [0.29, 0.717) is 31.3 Å². The highest BCUT2D eigenvalue weighted by Gasteiger charge is 2.42. The second-order valence-electron chi connectivity index (χ2n) is 15.4. The van der Waals surface area contributed by atoms with Crippen LogP contribution in [0.3, 0.4) is 0 Å². The first kappa shape index (κ1) is 40.4. The summed E-state index contributed by atoms with van der Waals surface area (Å²) in [6.45, 7) is 7.29. The van der Waals surface area contributed by atoms with Gasteiger partial charge in [-0.05, 0) is 66.8 Å². The van der Waals surface area contributed by atoms with Crippen LogP contribution in [0.2, 0.25) is 0 Å². The lowest BCUT2D eigenvalue weighted by Crippen LogP contribution is -2.44. The quantitative estimate of drug-likeness (QED) is 0.0733. The molecule has 2 amide bonds. The SMILES string of the molecule is CC(C)CCc1c(CN)ccc2[nH]c(CC3c4ccccc4NC(=O)N3C3CC3)nc12.CCCCCCCCCCCCCCCCCC(=O)O. The van der Waals surface area contributed by atoms with Gasteiger partial charge >= 0.3 is 12.0 Å². The second-order valence-corrected chi connectivity index (χ2v) is 15.4. The van der Waals surface area contributed by atoms with E-state index < -0.39 is 5.97 Å². The Morgan fingerprint density at radius 3 is 2.08 bits per heavy atom. The number of carboxylic acids is 1. The number of nitrogens with two attached hydrogens (primary N) is 1. The number of para-hydroxylation sites is 1. The van der Waals surface area contributed by atoms with E-state index in [1.165, 1.54) is 94.6 Å². The molecule has 282 valence electrons. The van der Waals surface area contributed by atoms with E-state index in [1.807, 2.05) is 23.1 Å². The summed E-state index contributed by atoms with van der Waals surface area (Å²) in [5.74, 6) is 0.901. The van der Waals surface area contributed by atoms with E-state index in [-0.39, 0.29) is 12.1 Å². The van der Waals surface area contributed by atoms with Gasteiger partial charge in [-0.3, -0.25) is 4.79 Å². The zero-order valence-electron chi connectivity index (χ0n) is 32.0. The van der Waals surface area contributed by atoms with E-state index in [2.05, 4.69) is 49.3 Å². The molecule has 0 spiro atoms. The first-order valence-corrected chi connectivity index (χ1v) is 20.4. The summed E-state index contributed by atoms with van der Waals surface area (Å²) in [7, 11) is 0. The van der Waals surface area contributed by atoms with Crippen molar-refractivity contribution in [1.29, 1.82) is 0 Å². The maximum Gasteiger partial charge on any atom is 0.322 e. The van der Waals surface area contributed by atoms with Crippen molar-refractivity contribution < 1.29 is 14.7 Å². The van der Waals surface area contributed by atoms with E-state index in [1.54, 1.807) is 0 Å². The van der Waals surface area contributed by atoms with Crippen LogP contribution in [0.4, 0.5) is 10.5 Å². The number of amides is 2. The van der Waals surface area contributed by atoms with Crippen LogP contribution in [0.25, 0.3) is 11.0 Å². The first-order chi connectivity index (χ1) is 24.8. The van der Waals surface area contributed by atoms with Crippen molar-refractivity contribution in [3.63, 3.8) is 0 Å². The number of fused-ring (bicyclic) bond motifs is 2. The van der Waals surface area contributed by atoms with Crippen LogP contribution in [0, 0.1) is 5.92 Å². The van der Waals surface area contributed by atoms with Gasteiger partial charge in [-0.1, -0.05) is 135 Å². The average molecular weight is 702 g/mol. The number of unbranched alkanes of at least 4 members (excludes halogenated alkanes) is 14. The molecule has 1 atom stereocenters. The van der Waals surface area contributed by atoms with Crippen molar-refractivity contribution in [3.05, 3.63) is 58.9 Å². The summed E-state index contributed by atoms with van der Waals surface area (Å²) in [5.41, 5.74) is 12.6. The second kappa shape index (κ2) is 21.9. The number of aryl methyl sites for hydroxylation is 1. The number of aromatic nitrogens is 2. The fourth-order valence-corrected chi connectivity index (χ4v) is 7.41. The number of urea groups is 1. The number of nitrogens with zero attached hydrogens (tertiary/aromatic N) is 2. The highest BCUT2D eigenvalue weighted by atomic mass is 16.4. The zero-order valence-corrected chi connectivity index (χ0v) is 32.0. The minimum Gasteiger partial charge on any atom is -0.481 e. The molecule has 1 aliphatic carbocycles. The predicted octanol–water partition coefficient (Wildman–Crippen LogP) is 11.2. The first-order valence-electron chi connectivity index (χ1n) is 20.4. The summed E-state index contributed by atoms with van der Waals surface area (Å²) in [6, 6.07) is 12.7. The minimum absolute atomic E-state index is 0.00496. The lowest BCUT2D eigenvalue weighted by Gasteiger charge is -2.37. The number of aromatic amines is 1. The molecule has 5 rings (SSSR count). The Morgan fingerprint density at radius 2 is 1.51 bits per heavy atom. The number of aliphatic carboxylic acids is 1. The molecular weight excluding hydrogens is 635 g/mol. The molecule has 1 saturated carbocycles. The van der Waals surface area contributed by atoms with Crippen molar-refractivity contribution >= 4 is 28.7 Å². The molecule has 1 aliphatic heterocycles. The van der Waals surface area contributed by atoms with Crippen LogP contribution in [0.1, 0.15) is 171 Å². The average Bonchev–Trinajstić information content (AvgIpc) is 3.86. The Labute approximate surface area is 307 Å². The highest BCUT2D eigenvalue weighted by molar-refractivity contribution is 5.93. The van der Waals surface area contributed by atoms with Crippen LogP contribution < -0.4 is 11.1 Å². The van der Waals surface area contributed by atoms with Crippen LogP contribution in [0.5, 0.6) is 0 Å². The number of carboxylic acid groups (broad SMARTS) is 1. The Morgan fingerprint density at radius 1 is 0.902 bits per heavy atom. The third kappa shape index (κ3) is 13.3. The fraction of sp³-hybridized carbons (Fsp3) is 0.651. The monoisotopic (exact) mass is 702 g/mol. The Bertz CT molecular complexity index is 1480. The molecule has 5 N–H and O–H groups in total. The zero-order chi connectivity index (χ0) is 36.4. The van der Waals surface area contributed by atoms with E-state index in [0.717, 1.165) is 66.6 Å². The van der Waals surface area contributed by atoms with Crippen molar-refractivity contribution in [2.75, 3.05) is 5.32 Å². The third-order valence-corrected chi connectivity index (χ3v) is 10.5. The van der Waals surface area contributed by atoms with Gasteiger partial charge in [0.15, 0.2) is 0 Å². The lowest BCUT2D eigenvalue weighted by atomic mass is 9.97. The maximum atomic E-state index is 12.9. The molecule has 2 aliphatic rings. The number of nitrogens with one attached hydrogen (secondary N) is 2. The lowest BCUT2D eigenvalue weighted by molar-refractivity contribution is -0.137. The van der Waals surface area contributed by atoms with Crippen LogP contribution in [-0.2, 0) is 24.2 Å². The summed E-state index contributed by atoms with van der Waals surface area (Å²) >= 11 is 0. The Hall–Kier alpha value is -3.39. The number of H-pyrrole nitrogens is 1. The number of benzene rings is 2. The topological polar surface area (TPSA) is 124 Å². The smallest absolute Gasteiger partial charge is 0.322 e. The summed E-state index contributed by atoms with van der Waals surface area (Å²) in [4.78, 5) is 33.8. The number of rotatable bonds is 23. The minimum atomic E-state index is -0.653. The van der Waals surface area contributed by atoms with Gasteiger partial charge in [-0.25, -0.2) is 9.78 Å². The van der Waals surface area contributed by atoms with Gasteiger partial charge in [0.05, 0.1) is 17.1 Å². The molecular formula is C43H67N5O3. The van der Waals surface area contributed by atoms with E-state index in [4.69, 9.17) is 15.8 Å². The van der Waals surface area contributed by atoms with Gasteiger partial charge in [0.2, 0.25) is 0 Å². The molecule has 0 saturated heterocycles. The normalized spacial score (nSPS) is 15.5. The van der Waals surface area contributed by atoms with Crippen molar-refractivity contribution in [2.45, 2.75) is 174 Å². The van der Waals surface area contributed by atoms with Gasteiger partial charge in [0.1, 0.15) is 5.82 Å². The van der Waals surface area contributed by atoms with Gasteiger partial charge < -0.3 is 26.0 Å². The fourth-order valence-electron chi connectivity index (χ4n) is 7.41. The molecule has 8 nitrogen and oxygen atoms in total.